The van der Waals surface area contributed by atoms with Gasteiger partial charge in [-0.2, -0.15) is 4.91 Å². The number of H-pyrrole nitrogens is 1. The van der Waals surface area contributed by atoms with E-state index in [0.29, 0.717) is 28.1 Å². The first-order valence-electron chi connectivity index (χ1n) is 11.8. The van der Waals surface area contributed by atoms with E-state index in [1.165, 1.54) is 17.9 Å². The summed E-state index contributed by atoms with van der Waals surface area (Å²) < 4.78 is 13.0. The van der Waals surface area contributed by atoms with Crippen molar-refractivity contribution in [2.75, 3.05) is 20.3 Å². The van der Waals surface area contributed by atoms with Gasteiger partial charge in [-0.25, -0.2) is 24.1 Å². The van der Waals surface area contributed by atoms with Crippen molar-refractivity contribution in [2.45, 2.75) is 13.1 Å². The summed E-state index contributed by atoms with van der Waals surface area (Å²) >= 11 is 5.99. The second-order valence-corrected chi connectivity index (χ2v) is 8.90. The number of methoxy groups -OCH3 is 1. The van der Waals surface area contributed by atoms with Gasteiger partial charge in [0.2, 0.25) is 11.5 Å². The molecule has 1 unspecified atom stereocenters. The molecule has 39 heavy (non-hydrogen) atoms. The fourth-order valence-corrected chi connectivity index (χ4v) is 3.78. The van der Waals surface area contributed by atoms with Crippen molar-refractivity contribution >= 4 is 17.3 Å². The largest absolute Gasteiger partial charge is 0.481 e. The molecule has 202 valence electrons. The summed E-state index contributed by atoms with van der Waals surface area (Å²) in [6.07, 6.45) is 1.53. The molecule has 0 aliphatic heterocycles. The minimum absolute atomic E-state index is 0.0123. The first kappa shape index (κ1) is 27.5. The zero-order valence-electron chi connectivity index (χ0n) is 20.9. The maximum atomic E-state index is 13.4. The summed E-state index contributed by atoms with van der Waals surface area (Å²) in [5.74, 6) is 0.811. The van der Waals surface area contributed by atoms with E-state index in [1.807, 2.05) is 0 Å². The summed E-state index contributed by atoms with van der Waals surface area (Å²) in [5, 5.41) is 12.9. The van der Waals surface area contributed by atoms with E-state index in [-0.39, 0.29) is 25.3 Å². The number of halogens is 1. The monoisotopic (exact) mass is 552 g/mol. The van der Waals surface area contributed by atoms with E-state index in [2.05, 4.69) is 20.1 Å². The van der Waals surface area contributed by atoms with Crippen LogP contribution in [0.15, 0.2) is 86.6 Å². The number of nitrogens with one attached hydrogen (secondary N) is 1. The highest BCUT2D eigenvalue weighted by Gasteiger charge is 2.15. The smallest absolute Gasteiger partial charge is 0.335 e. The Morgan fingerprint density at radius 1 is 1.03 bits per heavy atom. The van der Waals surface area contributed by atoms with Gasteiger partial charge in [0.05, 0.1) is 32.1 Å². The number of nitroso groups, excluding NO2 is 1. The number of aliphatic hydroxyl groups excluding tert-OH is 1. The number of rotatable bonds is 11. The number of nitrogens with zero attached hydrogens (tertiary/aromatic N) is 5. The molecule has 4 aromatic rings. The fraction of sp³-hybridized carbons (Fsp3) is 0.231. The topological polar surface area (TPSA) is 153 Å². The average Bonchev–Trinajstić information content (AvgIpc) is 2.95. The van der Waals surface area contributed by atoms with Crippen LogP contribution in [0.1, 0.15) is 5.56 Å². The third kappa shape index (κ3) is 7.06. The maximum Gasteiger partial charge on any atom is 0.335 e. The number of hydrogen-bond donors (Lipinski definition) is 2. The SMILES string of the molecule is COc1ccc(Oc2ccc(/N=c3\[nH]c(=O)n(CC(CO)CN=O)c(=O)n3Cc3ccc(Cl)cc3)cc2)cn1. The molecule has 0 radical (unpaired) electrons. The van der Waals surface area contributed by atoms with E-state index in [0.717, 1.165) is 10.1 Å². The second kappa shape index (κ2) is 12.8. The molecule has 0 spiro atoms. The molecular weight excluding hydrogens is 528 g/mol. The lowest BCUT2D eigenvalue weighted by atomic mass is 10.1. The average molecular weight is 553 g/mol. The molecule has 13 heteroatoms. The number of aliphatic hydroxyl groups is 1. The van der Waals surface area contributed by atoms with E-state index in [1.54, 1.807) is 60.7 Å². The molecule has 0 bridgehead atoms. The molecule has 12 nitrogen and oxygen atoms in total. The van der Waals surface area contributed by atoms with Crippen LogP contribution in [-0.2, 0) is 13.1 Å². The van der Waals surface area contributed by atoms with Gasteiger partial charge < -0.3 is 14.6 Å². The third-order valence-electron chi connectivity index (χ3n) is 5.69. The van der Waals surface area contributed by atoms with Crippen molar-refractivity contribution in [3.8, 4) is 17.4 Å². The summed E-state index contributed by atoms with van der Waals surface area (Å²) in [7, 11) is 1.52. The van der Waals surface area contributed by atoms with Gasteiger partial charge in [0.15, 0.2) is 0 Å². The Morgan fingerprint density at radius 3 is 2.36 bits per heavy atom. The lowest BCUT2D eigenvalue weighted by Gasteiger charge is -2.14. The molecule has 0 fully saturated rings. The number of hydrogen-bond acceptors (Lipinski definition) is 9. The van der Waals surface area contributed by atoms with Crippen LogP contribution in [0, 0.1) is 10.8 Å². The summed E-state index contributed by atoms with van der Waals surface area (Å²) in [6, 6.07) is 17.0. The molecule has 0 amide bonds. The van der Waals surface area contributed by atoms with E-state index < -0.39 is 23.9 Å². The van der Waals surface area contributed by atoms with Crippen LogP contribution in [0.4, 0.5) is 5.69 Å². The van der Waals surface area contributed by atoms with E-state index >= 15 is 0 Å². The standard InChI is InChI=1S/C26H25ClN6O6/c1-38-23-11-10-22(13-28-23)39-21-8-6-20(7-9-21)30-24-31-25(35)33(15-18(16-34)12-29-37)26(36)32(24)14-17-2-4-19(27)5-3-17/h2-11,13,18,34H,12,14-16H2,1H3,(H,30,31,35). The second-order valence-electron chi connectivity index (χ2n) is 8.46. The highest BCUT2D eigenvalue weighted by Crippen LogP contribution is 2.24. The molecule has 1 atom stereocenters. The van der Waals surface area contributed by atoms with Crippen molar-refractivity contribution in [1.82, 2.24) is 19.1 Å². The number of aromatic amines is 1. The number of aromatic nitrogens is 4. The number of ether oxygens (including phenoxy) is 2. The first-order chi connectivity index (χ1) is 18.9. The van der Waals surface area contributed by atoms with Gasteiger partial charge in [-0.15, -0.1) is 0 Å². The van der Waals surface area contributed by atoms with Crippen LogP contribution in [0.2, 0.25) is 5.02 Å². The zero-order chi connectivity index (χ0) is 27.8. The van der Waals surface area contributed by atoms with Crippen LogP contribution in [0.5, 0.6) is 17.4 Å². The van der Waals surface area contributed by atoms with Crippen LogP contribution >= 0.6 is 11.6 Å². The molecule has 2 aromatic carbocycles. The van der Waals surface area contributed by atoms with Gasteiger partial charge in [0, 0.05) is 30.2 Å². The molecule has 2 heterocycles. The Balaban J connectivity index is 1.70. The molecule has 0 saturated heterocycles. The summed E-state index contributed by atoms with van der Waals surface area (Å²) in [4.78, 5) is 48.2. The Hall–Kier alpha value is -4.55. The highest BCUT2D eigenvalue weighted by atomic mass is 35.5. The lowest BCUT2D eigenvalue weighted by Crippen LogP contribution is -2.51. The van der Waals surface area contributed by atoms with Crippen molar-refractivity contribution in [1.29, 1.82) is 0 Å². The molecule has 0 saturated carbocycles. The molecule has 0 aliphatic carbocycles. The van der Waals surface area contributed by atoms with E-state index in [4.69, 9.17) is 21.1 Å². The van der Waals surface area contributed by atoms with Crippen LogP contribution in [-0.4, -0.2) is 44.5 Å². The van der Waals surface area contributed by atoms with Crippen molar-refractivity contribution in [2.24, 2.45) is 16.1 Å². The molecular formula is C26H25ClN6O6. The highest BCUT2D eigenvalue weighted by molar-refractivity contribution is 6.30. The Labute approximate surface area is 226 Å². The quantitative estimate of drug-likeness (QED) is 0.271. The molecule has 4 rings (SSSR count). The molecule has 2 N–H and O–H groups in total. The minimum atomic E-state index is -0.734. The van der Waals surface area contributed by atoms with Gasteiger partial charge in [0.25, 0.3) is 0 Å². The summed E-state index contributed by atoms with van der Waals surface area (Å²) in [6.45, 7) is -0.773. The fourth-order valence-electron chi connectivity index (χ4n) is 3.65. The lowest BCUT2D eigenvalue weighted by molar-refractivity contribution is 0.211. The van der Waals surface area contributed by atoms with Gasteiger partial charge >= 0.3 is 11.4 Å². The molecule has 0 aliphatic rings. The number of benzene rings is 2. The van der Waals surface area contributed by atoms with Crippen molar-refractivity contribution in [3.05, 3.63) is 109 Å². The van der Waals surface area contributed by atoms with Gasteiger partial charge in [-0.1, -0.05) is 28.9 Å². The zero-order valence-corrected chi connectivity index (χ0v) is 21.6. The normalized spacial score (nSPS) is 12.2. The summed E-state index contributed by atoms with van der Waals surface area (Å²) in [5.41, 5.74) is -0.197. The van der Waals surface area contributed by atoms with E-state index in [9.17, 15) is 19.6 Å². The Bertz CT molecular complexity index is 1600. The van der Waals surface area contributed by atoms with Gasteiger partial charge in [0.1, 0.15) is 11.5 Å². The van der Waals surface area contributed by atoms with Crippen LogP contribution in [0.25, 0.3) is 0 Å². The molecule has 2 aromatic heterocycles. The Morgan fingerprint density at radius 2 is 1.74 bits per heavy atom. The maximum absolute atomic E-state index is 13.4. The van der Waals surface area contributed by atoms with Crippen molar-refractivity contribution < 1.29 is 14.6 Å². The minimum Gasteiger partial charge on any atom is -0.481 e. The first-order valence-corrected chi connectivity index (χ1v) is 12.2. The predicted octanol–water partition coefficient (Wildman–Crippen LogP) is 2.84. The van der Waals surface area contributed by atoms with Crippen LogP contribution < -0.4 is 26.5 Å². The Kier molecular flexibility index (Phi) is 9.02. The van der Waals surface area contributed by atoms with Gasteiger partial charge in [-0.3, -0.25) is 9.55 Å². The third-order valence-corrected chi connectivity index (χ3v) is 5.94. The number of pyridine rings is 1. The van der Waals surface area contributed by atoms with Crippen molar-refractivity contribution in [3.63, 3.8) is 0 Å². The van der Waals surface area contributed by atoms with Gasteiger partial charge in [-0.05, 0) is 48.0 Å². The predicted molar refractivity (Wildman–Crippen MR) is 144 cm³/mol. The van der Waals surface area contributed by atoms with Crippen LogP contribution in [0.3, 0.4) is 0 Å².